The highest BCUT2D eigenvalue weighted by Crippen LogP contribution is 2.07. The zero-order chi connectivity index (χ0) is 11.3. The van der Waals surface area contributed by atoms with Crippen molar-refractivity contribution in [1.82, 2.24) is 4.98 Å². The maximum atomic E-state index is 10.9. The van der Waals surface area contributed by atoms with Gasteiger partial charge in [-0.2, -0.15) is 0 Å². The van der Waals surface area contributed by atoms with Crippen molar-refractivity contribution in [3.63, 3.8) is 0 Å². The number of primary amides is 1. The van der Waals surface area contributed by atoms with E-state index in [9.17, 15) is 4.79 Å². The third kappa shape index (κ3) is 3.81. The lowest BCUT2D eigenvalue weighted by Gasteiger charge is -2.04. The van der Waals surface area contributed by atoms with E-state index in [-0.39, 0.29) is 5.69 Å². The van der Waals surface area contributed by atoms with Crippen LogP contribution in [0.15, 0.2) is 30.0 Å². The first kappa shape index (κ1) is 11.2. The van der Waals surface area contributed by atoms with Crippen molar-refractivity contribution in [2.45, 2.75) is 13.8 Å². The number of pyridine rings is 1. The zero-order valence-corrected chi connectivity index (χ0v) is 8.95. The molecule has 15 heavy (non-hydrogen) atoms. The van der Waals surface area contributed by atoms with Gasteiger partial charge in [-0.25, -0.2) is 0 Å². The van der Waals surface area contributed by atoms with Gasteiger partial charge in [-0.05, 0) is 26.0 Å². The smallest absolute Gasteiger partial charge is 0.267 e. The van der Waals surface area contributed by atoms with Crippen LogP contribution in [-0.4, -0.2) is 17.4 Å². The molecule has 0 aliphatic heterocycles. The highest BCUT2D eigenvalue weighted by atomic mass is 16.1. The minimum Gasteiger partial charge on any atom is -0.381 e. The molecule has 0 fully saturated rings. The molecule has 0 atom stereocenters. The number of carbonyl (C=O) groups is 1. The molecule has 1 aromatic heterocycles. The molecule has 0 aliphatic carbocycles. The Morgan fingerprint density at radius 1 is 1.60 bits per heavy atom. The molecule has 1 amide bonds. The minimum absolute atomic E-state index is 0.275. The molecular weight excluding hydrogens is 190 g/mol. The highest BCUT2D eigenvalue weighted by Gasteiger charge is 2.01. The largest absolute Gasteiger partial charge is 0.381 e. The Hall–Kier alpha value is -1.84. The molecule has 0 bridgehead atoms. The second-order valence-corrected chi connectivity index (χ2v) is 3.46. The molecule has 0 unspecified atom stereocenters. The van der Waals surface area contributed by atoms with Gasteiger partial charge in [-0.1, -0.05) is 11.6 Å². The molecule has 1 heterocycles. The molecule has 0 saturated heterocycles. The number of hydrogen-bond donors (Lipinski definition) is 2. The van der Waals surface area contributed by atoms with Crippen LogP contribution in [0.4, 0.5) is 5.69 Å². The molecule has 3 N–H and O–H groups in total. The molecule has 0 spiro atoms. The van der Waals surface area contributed by atoms with Crippen molar-refractivity contribution in [3.8, 4) is 0 Å². The van der Waals surface area contributed by atoms with Crippen LogP contribution < -0.4 is 11.1 Å². The zero-order valence-electron chi connectivity index (χ0n) is 8.95. The fourth-order valence-corrected chi connectivity index (χ4v) is 1.05. The Labute approximate surface area is 89.2 Å². The van der Waals surface area contributed by atoms with Crippen molar-refractivity contribution in [3.05, 3.63) is 35.7 Å². The average Bonchev–Trinajstić information content (AvgIpc) is 2.17. The number of amides is 1. The van der Waals surface area contributed by atoms with Crippen molar-refractivity contribution >= 4 is 11.6 Å². The van der Waals surface area contributed by atoms with Crippen LogP contribution >= 0.6 is 0 Å². The van der Waals surface area contributed by atoms with E-state index < -0.39 is 5.91 Å². The molecule has 80 valence electrons. The van der Waals surface area contributed by atoms with Gasteiger partial charge in [0.2, 0.25) is 0 Å². The van der Waals surface area contributed by atoms with Gasteiger partial charge in [-0.15, -0.1) is 0 Å². The maximum Gasteiger partial charge on any atom is 0.267 e. The van der Waals surface area contributed by atoms with Crippen LogP contribution in [0.25, 0.3) is 0 Å². The molecule has 0 radical (unpaired) electrons. The van der Waals surface area contributed by atoms with Gasteiger partial charge in [0.15, 0.2) is 0 Å². The normalized spacial score (nSPS) is 9.47. The number of nitrogens with two attached hydrogens (primary N) is 1. The topological polar surface area (TPSA) is 68.0 Å². The predicted molar refractivity (Wildman–Crippen MR) is 60.7 cm³/mol. The van der Waals surface area contributed by atoms with Crippen LogP contribution in [0.5, 0.6) is 0 Å². The van der Waals surface area contributed by atoms with Crippen molar-refractivity contribution in [2.75, 3.05) is 11.9 Å². The van der Waals surface area contributed by atoms with Crippen molar-refractivity contribution in [1.29, 1.82) is 0 Å². The SMILES string of the molecule is CC(C)=CCNc1ccnc(C(N)=O)c1. The fraction of sp³-hybridized carbons (Fsp3) is 0.273. The van der Waals surface area contributed by atoms with E-state index in [4.69, 9.17) is 5.73 Å². The van der Waals surface area contributed by atoms with Crippen LogP contribution in [0.1, 0.15) is 24.3 Å². The Bertz CT molecular complexity index is 381. The number of carbonyl (C=O) groups excluding carboxylic acids is 1. The van der Waals surface area contributed by atoms with Crippen molar-refractivity contribution in [2.24, 2.45) is 5.73 Å². The number of aromatic nitrogens is 1. The van der Waals surface area contributed by atoms with Gasteiger partial charge >= 0.3 is 0 Å². The van der Waals surface area contributed by atoms with E-state index >= 15 is 0 Å². The van der Waals surface area contributed by atoms with E-state index in [1.54, 1.807) is 18.3 Å². The number of hydrogen-bond acceptors (Lipinski definition) is 3. The van der Waals surface area contributed by atoms with Crippen LogP contribution in [-0.2, 0) is 0 Å². The predicted octanol–water partition coefficient (Wildman–Crippen LogP) is 1.56. The van der Waals surface area contributed by atoms with Gasteiger partial charge < -0.3 is 11.1 Å². The number of nitrogens with one attached hydrogen (secondary N) is 1. The van der Waals surface area contributed by atoms with Crippen LogP contribution in [0.2, 0.25) is 0 Å². The standard InChI is InChI=1S/C11H15N3O/c1-8(2)3-5-13-9-4-6-14-10(7-9)11(12)15/h3-4,6-7H,5H2,1-2H3,(H2,12,15)(H,13,14). The molecule has 0 saturated carbocycles. The highest BCUT2D eigenvalue weighted by molar-refractivity contribution is 5.91. The van der Waals surface area contributed by atoms with E-state index in [1.165, 1.54) is 5.57 Å². The molecular formula is C11H15N3O. The molecule has 1 aromatic rings. The summed E-state index contributed by atoms with van der Waals surface area (Å²) in [7, 11) is 0. The van der Waals surface area contributed by atoms with Gasteiger partial charge in [0.05, 0.1) is 0 Å². The third-order valence-corrected chi connectivity index (χ3v) is 1.83. The average molecular weight is 205 g/mol. The lowest BCUT2D eigenvalue weighted by molar-refractivity contribution is 0.0995. The lowest BCUT2D eigenvalue weighted by atomic mass is 10.3. The third-order valence-electron chi connectivity index (χ3n) is 1.83. The van der Waals surface area contributed by atoms with Gasteiger partial charge in [0.1, 0.15) is 5.69 Å². The second-order valence-electron chi connectivity index (χ2n) is 3.46. The summed E-state index contributed by atoms with van der Waals surface area (Å²) < 4.78 is 0. The number of anilines is 1. The first-order valence-corrected chi connectivity index (χ1v) is 4.72. The summed E-state index contributed by atoms with van der Waals surface area (Å²) in [5, 5.41) is 3.15. The molecule has 0 aromatic carbocycles. The first-order valence-electron chi connectivity index (χ1n) is 4.72. The lowest BCUT2D eigenvalue weighted by Crippen LogP contribution is -2.13. The number of allylic oxidation sites excluding steroid dienone is 1. The van der Waals surface area contributed by atoms with E-state index in [2.05, 4.69) is 16.4 Å². The Balaban J connectivity index is 2.66. The molecule has 4 heteroatoms. The summed E-state index contributed by atoms with van der Waals surface area (Å²) in [5.74, 6) is -0.513. The summed E-state index contributed by atoms with van der Waals surface area (Å²) >= 11 is 0. The Kier molecular flexibility index (Phi) is 3.85. The van der Waals surface area contributed by atoms with Gasteiger partial charge in [0.25, 0.3) is 5.91 Å². The Morgan fingerprint density at radius 3 is 2.93 bits per heavy atom. The molecule has 0 aliphatic rings. The second kappa shape index (κ2) is 5.14. The summed E-state index contributed by atoms with van der Waals surface area (Å²) in [6, 6.07) is 3.44. The van der Waals surface area contributed by atoms with E-state index in [0.717, 1.165) is 12.2 Å². The summed E-state index contributed by atoms with van der Waals surface area (Å²) in [5.41, 5.74) is 7.48. The quantitative estimate of drug-likeness (QED) is 0.733. The van der Waals surface area contributed by atoms with Gasteiger partial charge in [0, 0.05) is 18.4 Å². The Morgan fingerprint density at radius 2 is 2.33 bits per heavy atom. The minimum atomic E-state index is -0.513. The van der Waals surface area contributed by atoms with E-state index in [1.807, 2.05) is 13.8 Å². The number of rotatable bonds is 4. The number of nitrogens with zero attached hydrogens (tertiary/aromatic N) is 1. The van der Waals surface area contributed by atoms with Crippen molar-refractivity contribution < 1.29 is 4.79 Å². The first-order chi connectivity index (χ1) is 7.09. The fourth-order valence-electron chi connectivity index (χ4n) is 1.05. The monoisotopic (exact) mass is 205 g/mol. The van der Waals surface area contributed by atoms with Crippen LogP contribution in [0, 0.1) is 0 Å². The molecule has 4 nitrogen and oxygen atoms in total. The molecule has 1 rings (SSSR count). The van der Waals surface area contributed by atoms with Gasteiger partial charge in [-0.3, -0.25) is 9.78 Å². The van der Waals surface area contributed by atoms with Crippen LogP contribution in [0.3, 0.4) is 0 Å². The maximum absolute atomic E-state index is 10.9. The summed E-state index contributed by atoms with van der Waals surface area (Å²) in [6.45, 7) is 4.79. The summed E-state index contributed by atoms with van der Waals surface area (Å²) in [4.78, 5) is 14.7. The van der Waals surface area contributed by atoms with E-state index in [0.29, 0.717) is 0 Å². The summed E-state index contributed by atoms with van der Waals surface area (Å²) in [6.07, 6.45) is 3.62.